The highest BCUT2D eigenvalue weighted by atomic mass is 79.9. The minimum Gasteiger partial charge on any atom is -0.353 e. The number of carbonyl (C=O) groups is 1. The summed E-state index contributed by atoms with van der Waals surface area (Å²) in [5.41, 5.74) is 0.991. The number of hydrogen-bond donors (Lipinski definition) is 1. The highest BCUT2D eigenvalue weighted by Crippen LogP contribution is 2.22. The van der Waals surface area contributed by atoms with Crippen molar-refractivity contribution in [3.05, 3.63) is 26.9 Å². The van der Waals surface area contributed by atoms with Gasteiger partial charge in [-0.3, -0.25) is 9.78 Å². The van der Waals surface area contributed by atoms with Gasteiger partial charge in [-0.15, -0.1) is 0 Å². The van der Waals surface area contributed by atoms with Crippen LogP contribution in [-0.2, 0) is 11.2 Å². The summed E-state index contributed by atoms with van der Waals surface area (Å²) in [6.07, 6.45) is 4.11. The average Bonchev–Trinajstić information content (AvgIpc) is 2.56. The maximum Gasteiger partial charge on any atom is 0.220 e. The second-order valence-electron chi connectivity index (χ2n) is 3.59. The number of amides is 1. The molecule has 0 aliphatic carbocycles. The van der Waals surface area contributed by atoms with E-state index in [0.717, 1.165) is 27.5 Å². The van der Waals surface area contributed by atoms with Crippen molar-refractivity contribution >= 4 is 37.8 Å². The minimum absolute atomic E-state index is 0.147. The molecule has 0 aromatic carbocycles. The first-order valence-corrected chi connectivity index (χ1v) is 6.33. The van der Waals surface area contributed by atoms with Gasteiger partial charge in [0.1, 0.15) is 0 Å². The second kappa shape index (κ2) is 4.61. The topological polar surface area (TPSA) is 42.0 Å². The molecule has 1 unspecified atom stereocenters. The van der Waals surface area contributed by atoms with Crippen LogP contribution in [0.15, 0.2) is 21.2 Å². The molecule has 15 heavy (non-hydrogen) atoms. The van der Waals surface area contributed by atoms with Crippen LogP contribution in [0.1, 0.15) is 18.5 Å². The normalized spacial score (nSPS) is 20.4. The van der Waals surface area contributed by atoms with E-state index in [1.807, 2.05) is 6.07 Å². The molecule has 0 bridgehead atoms. The van der Waals surface area contributed by atoms with Crippen LogP contribution in [0.25, 0.3) is 0 Å². The fraction of sp³-hybridized carbons (Fsp3) is 0.400. The molecule has 1 aromatic heterocycles. The van der Waals surface area contributed by atoms with Gasteiger partial charge >= 0.3 is 0 Å². The van der Waals surface area contributed by atoms with Gasteiger partial charge in [-0.05, 0) is 44.3 Å². The van der Waals surface area contributed by atoms with Crippen molar-refractivity contribution in [3.63, 3.8) is 0 Å². The molecule has 1 aliphatic heterocycles. The van der Waals surface area contributed by atoms with Crippen LogP contribution in [-0.4, -0.2) is 16.9 Å². The zero-order valence-electron chi connectivity index (χ0n) is 7.96. The monoisotopic (exact) mass is 332 g/mol. The molecule has 3 nitrogen and oxygen atoms in total. The van der Waals surface area contributed by atoms with Gasteiger partial charge in [0.25, 0.3) is 0 Å². The number of nitrogens with one attached hydrogen (secondary N) is 1. The molecule has 5 heteroatoms. The van der Waals surface area contributed by atoms with Gasteiger partial charge in [0, 0.05) is 34.0 Å². The van der Waals surface area contributed by atoms with Crippen molar-refractivity contribution < 1.29 is 4.79 Å². The predicted molar refractivity (Wildman–Crippen MR) is 64.5 cm³/mol. The number of rotatable bonds is 2. The van der Waals surface area contributed by atoms with Gasteiger partial charge in [0.05, 0.1) is 5.69 Å². The minimum atomic E-state index is 0.147. The standard InChI is InChI=1S/C10H10Br2N2O/c11-6-3-8(12)9(13-5-6)4-7-1-2-10(15)14-7/h3,5,7H,1-2,4H2,(H,14,15). The van der Waals surface area contributed by atoms with Gasteiger partial charge < -0.3 is 5.32 Å². The lowest BCUT2D eigenvalue weighted by atomic mass is 10.1. The number of hydrogen-bond acceptors (Lipinski definition) is 2. The number of carbonyl (C=O) groups excluding carboxylic acids is 1. The fourth-order valence-electron chi connectivity index (χ4n) is 1.66. The lowest BCUT2D eigenvalue weighted by Gasteiger charge is -2.10. The third-order valence-electron chi connectivity index (χ3n) is 2.41. The maximum absolute atomic E-state index is 11.0. The van der Waals surface area contributed by atoms with Gasteiger partial charge in [-0.2, -0.15) is 0 Å². The summed E-state index contributed by atoms with van der Waals surface area (Å²) in [5, 5.41) is 2.93. The average molecular weight is 334 g/mol. The molecule has 0 saturated carbocycles. The van der Waals surface area contributed by atoms with Crippen LogP contribution in [0.3, 0.4) is 0 Å². The molecule has 1 N–H and O–H groups in total. The fourth-order valence-corrected chi connectivity index (χ4v) is 2.81. The number of nitrogens with zero attached hydrogens (tertiary/aromatic N) is 1. The van der Waals surface area contributed by atoms with Crippen molar-refractivity contribution in [1.82, 2.24) is 10.3 Å². The van der Waals surface area contributed by atoms with Crippen LogP contribution in [0.5, 0.6) is 0 Å². The molecule has 1 saturated heterocycles. The Labute approximate surface area is 105 Å². The summed E-state index contributed by atoms with van der Waals surface area (Å²) < 4.78 is 1.94. The van der Waals surface area contributed by atoms with Crippen molar-refractivity contribution in [2.24, 2.45) is 0 Å². The summed E-state index contributed by atoms with van der Waals surface area (Å²) in [5.74, 6) is 0.147. The summed E-state index contributed by atoms with van der Waals surface area (Å²) in [4.78, 5) is 15.4. The first-order valence-electron chi connectivity index (χ1n) is 4.74. The zero-order chi connectivity index (χ0) is 10.8. The Balaban J connectivity index is 2.07. The van der Waals surface area contributed by atoms with Gasteiger partial charge in [0.2, 0.25) is 5.91 Å². The third kappa shape index (κ3) is 2.78. The third-order valence-corrected chi connectivity index (χ3v) is 3.53. The lowest BCUT2D eigenvalue weighted by molar-refractivity contribution is -0.119. The maximum atomic E-state index is 11.0. The Morgan fingerprint density at radius 3 is 2.93 bits per heavy atom. The second-order valence-corrected chi connectivity index (χ2v) is 5.36. The van der Waals surface area contributed by atoms with Crippen LogP contribution in [0.2, 0.25) is 0 Å². The van der Waals surface area contributed by atoms with Crippen LogP contribution < -0.4 is 5.32 Å². The molecule has 0 spiro atoms. The summed E-state index contributed by atoms with van der Waals surface area (Å²) in [6.45, 7) is 0. The van der Waals surface area contributed by atoms with Crippen molar-refractivity contribution in [2.75, 3.05) is 0 Å². The Morgan fingerprint density at radius 1 is 1.53 bits per heavy atom. The van der Waals surface area contributed by atoms with Gasteiger partial charge in [0.15, 0.2) is 0 Å². The zero-order valence-corrected chi connectivity index (χ0v) is 11.1. The molecular weight excluding hydrogens is 324 g/mol. The SMILES string of the molecule is O=C1CCC(Cc2ncc(Br)cc2Br)N1. The molecule has 1 amide bonds. The van der Waals surface area contributed by atoms with E-state index in [1.165, 1.54) is 0 Å². The Hall–Kier alpha value is -0.420. The van der Waals surface area contributed by atoms with E-state index in [9.17, 15) is 4.79 Å². The predicted octanol–water partition coefficient (Wildman–Crippen LogP) is 2.43. The van der Waals surface area contributed by atoms with Gasteiger partial charge in [-0.25, -0.2) is 0 Å². The molecule has 80 valence electrons. The van der Waals surface area contributed by atoms with Crippen LogP contribution in [0.4, 0.5) is 0 Å². The quantitative estimate of drug-likeness (QED) is 0.903. The molecule has 1 aromatic rings. The molecule has 1 fully saturated rings. The largest absolute Gasteiger partial charge is 0.353 e. The summed E-state index contributed by atoms with van der Waals surface area (Å²) in [7, 11) is 0. The Kier molecular flexibility index (Phi) is 3.41. The van der Waals surface area contributed by atoms with E-state index >= 15 is 0 Å². The van der Waals surface area contributed by atoms with Gasteiger partial charge in [-0.1, -0.05) is 0 Å². The number of aromatic nitrogens is 1. The smallest absolute Gasteiger partial charge is 0.220 e. The molecular formula is C10H10Br2N2O. The summed E-state index contributed by atoms with van der Waals surface area (Å²) >= 11 is 6.82. The van der Waals surface area contributed by atoms with Crippen molar-refractivity contribution in [3.8, 4) is 0 Å². The number of halogens is 2. The van der Waals surface area contributed by atoms with Crippen molar-refractivity contribution in [2.45, 2.75) is 25.3 Å². The Bertz CT molecular complexity index is 395. The van der Waals surface area contributed by atoms with Crippen molar-refractivity contribution in [1.29, 1.82) is 0 Å². The molecule has 1 atom stereocenters. The lowest BCUT2D eigenvalue weighted by Crippen LogP contribution is -2.27. The van der Waals surface area contributed by atoms with E-state index < -0.39 is 0 Å². The van der Waals surface area contributed by atoms with Crippen LogP contribution in [0, 0.1) is 0 Å². The van der Waals surface area contributed by atoms with E-state index in [2.05, 4.69) is 42.2 Å². The molecule has 0 radical (unpaired) electrons. The highest BCUT2D eigenvalue weighted by Gasteiger charge is 2.21. The first-order chi connectivity index (χ1) is 7.15. The molecule has 2 rings (SSSR count). The first kappa shape index (κ1) is 11.1. The van der Waals surface area contributed by atoms with E-state index in [0.29, 0.717) is 6.42 Å². The Morgan fingerprint density at radius 2 is 2.33 bits per heavy atom. The molecule has 2 heterocycles. The van der Waals surface area contributed by atoms with E-state index in [-0.39, 0.29) is 11.9 Å². The highest BCUT2D eigenvalue weighted by molar-refractivity contribution is 9.11. The van der Waals surface area contributed by atoms with E-state index in [1.54, 1.807) is 6.20 Å². The number of pyridine rings is 1. The summed E-state index contributed by atoms with van der Waals surface area (Å²) in [6, 6.07) is 2.21. The van der Waals surface area contributed by atoms with E-state index in [4.69, 9.17) is 0 Å². The molecule has 1 aliphatic rings. The van der Waals surface area contributed by atoms with Crippen LogP contribution >= 0.6 is 31.9 Å².